The number of hydrogen-bond donors (Lipinski definition) is 1. The summed E-state index contributed by atoms with van der Waals surface area (Å²) in [6, 6.07) is 12.2. The standard InChI is InChI=1S/C30H33N3O5/c1-3-14-31-15-6-10-23-24(27(31)35)25-28(36)33(19(2)18-34)26-29(37)32(16-7-13-30(25,26)38-23)22-12-11-20-8-4-5-9-21(20)17-22/h4-13,17,19,23-26,34H,3,14-16,18H2,1-2H3/t19-,23+,24-,25+,26?,30+/m1/s1. The van der Waals surface area contributed by atoms with Gasteiger partial charge >= 0.3 is 0 Å². The monoisotopic (exact) mass is 515 g/mol. The van der Waals surface area contributed by atoms with Crippen LogP contribution in [0.5, 0.6) is 0 Å². The first-order valence-corrected chi connectivity index (χ1v) is 13.5. The third-order valence-electron chi connectivity index (χ3n) is 8.46. The lowest BCUT2D eigenvalue weighted by molar-refractivity contribution is -0.146. The summed E-state index contributed by atoms with van der Waals surface area (Å²) in [7, 11) is 0. The second kappa shape index (κ2) is 9.36. The van der Waals surface area contributed by atoms with Gasteiger partial charge < -0.3 is 24.5 Å². The van der Waals surface area contributed by atoms with Crippen LogP contribution in [0.1, 0.15) is 20.3 Å². The maximum Gasteiger partial charge on any atom is 0.253 e. The summed E-state index contributed by atoms with van der Waals surface area (Å²) in [5, 5.41) is 12.2. The summed E-state index contributed by atoms with van der Waals surface area (Å²) >= 11 is 0. The van der Waals surface area contributed by atoms with Crippen molar-refractivity contribution in [2.24, 2.45) is 11.8 Å². The van der Waals surface area contributed by atoms with E-state index >= 15 is 0 Å². The van der Waals surface area contributed by atoms with E-state index in [1.165, 1.54) is 4.90 Å². The Morgan fingerprint density at radius 1 is 1.03 bits per heavy atom. The van der Waals surface area contributed by atoms with Gasteiger partial charge in [-0.1, -0.05) is 61.6 Å². The molecule has 0 radical (unpaired) electrons. The highest BCUT2D eigenvalue weighted by atomic mass is 16.5. The number of carbonyl (C=O) groups is 3. The van der Waals surface area contributed by atoms with Crippen molar-refractivity contribution < 1.29 is 24.2 Å². The fourth-order valence-corrected chi connectivity index (χ4v) is 6.74. The topological polar surface area (TPSA) is 90.4 Å². The van der Waals surface area contributed by atoms with Gasteiger partial charge in [-0.05, 0) is 36.2 Å². The molecular formula is C30H33N3O5. The summed E-state index contributed by atoms with van der Waals surface area (Å²) in [6.07, 6.45) is 7.72. The third-order valence-corrected chi connectivity index (χ3v) is 8.46. The Balaban J connectivity index is 1.45. The van der Waals surface area contributed by atoms with Gasteiger partial charge in [0.25, 0.3) is 5.91 Å². The first-order chi connectivity index (χ1) is 18.4. The van der Waals surface area contributed by atoms with Crippen LogP contribution in [0.15, 0.2) is 66.8 Å². The van der Waals surface area contributed by atoms with Gasteiger partial charge in [0, 0.05) is 25.3 Å². The number of rotatable bonds is 5. The molecule has 0 saturated carbocycles. The molecule has 0 bridgehead atoms. The lowest BCUT2D eigenvalue weighted by Crippen LogP contribution is -2.57. The molecule has 3 amide bonds. The Morgan fingerprint density at radius 3 is 2.58 bits per heavy atom. The van der Waals surface area contributed by atoms with Crippen molar-refractivity contribution in [2.75, 3.05) is 31.1 Å². The van der Waals surface area contributed by atoms with Crippen LogP contribution in [0.25, 0.3) is 10.8 Å². The molecule has 6 rings (SSSR count). The summed E-state index contributed by atoms with van der Waals surface area (Å²) < 4.78 is 6.65. The van der Waals surface area contributed by atoms with Crippen LogP contribution in [0, 0.1) is 11.8 Å². The Kier molecular flexibility index (Phi) is 6.12. The molecule has 1 N–H and O–H groups in total. The van der Waals surface area contributed by atoms with Crippen molar-refractivity contribution in [3.63, 3.8) is 0 Å². The Bertz CT molecular complexity index is 1350. The SMILES string of the molecule is CCCN1CC=C[C@@H]2O[C@]34C=CCN(c5ccc6ccccc6c5)C(=O)C3N([C@H](C)CO)C(=O)[C@@H]4[C@@H]2C1=O. The van der Waals surface area contributed by atoms with Crippen molar-refractivity contribution in [2.45, 2.75) is 44.1 Å². The minimum atomic E-state index is -1.30. The van der Waals surface area contributed by atoms with Crippen molar-refractivity contribution in [1.29, 1.82) is 0 Å². The summed E-state index contributed by atoms with van der Waals surface area (Å²) in [5.41, 5.74) is -0.575. The third kappa shape index (κ3) is 3.54. The summed E-state index contributed by atoms with van der Waals surface area (Å²) in [5.74, 6) is -2.29. The predicted octanol–water partition coefficient (Wildman–Crippen LogP) is 2.51. The maximum absolute atomic E-state index is 14.4. The number of benzene rings is 2. The van der Waals surface area contributed by atoms with Crippen LogP contribution in [0.3, 0.4) is 0 Å². The van der Waals surface area contributed by atoms with Gasteiger partial charge in [-0.15, -0.1) is 0 Å². The van der Waals surface area contributed by atoms with Crippen molar-refractivity contribution in [1.82, 2.24) is 9.80 Å². The van der Waals surface area contributed by atoms with Crippen LogP contribution >= 0.6 is 0 Å². The zero-order valence-corrected chi connectivity index (χ0v) is 21.7. The number of ether oxygens (including phenoxy) is 1. The Labute approximate surface area is 222 Å². The van der Waals surface area contributed by atoms with Gasteiger partial charge in [0.05, 0.1) is 30.6 Å². The smallest absolute Gasteiger partial charge is 0.253 e. The Morgan fingerprint density at radius 2 is 1.82 bits per heavy atom. The minimum absolute atomic E-state index is 0.120. The van der Waals surface area contributed by atoms with Gasteiger partial charge in [0.1, 0.15) is 11.6 Å². The zero-order valence-electron chi connectivity index (χ0n) is 21.7. The van der Waals surface area contributed by atoms with Crippen LogP contribution in [0.2, 0.25) is 0 Å². The van der Waals surface area contributed by atoms with Gasteiger partial charge in [0.2, 0.25) is 11.8 Å². The van der Waals surface area contributed by atoms with Gasteiger partial charge in [-0.25, -0.2) is 0 Å². The molecule has 4 aliphatic heterocycles. The summed E-state index contributed by atoms with van der Waals surface area (Å²) in [4.78, 5) is 47.2. The predicted molar refractivity (Wildman–Crippen MR) is 143 cm³/mol. The molecule has 4 aliphatic rings. The number of aliphatic hydroxyl groups excluding tert-OH is 1. The first kappa shape index (κ1) is 24.8. The van der Waals surface area contributed by atoms with Crippen molar-refractivity contribution >= 4 is 34.2 Å². The molecule has 2 fully saturated rings. The lowest BCUT2D eigenvalue weighted by atomic mass is 9.77. The molecule has 2 aromatic carbocycles. The van der Waals surface area contributed by atoms with E-state index in [0.717, 1.165) is 22.9 Å². The van der Waals surface area contributed by atoms with E-state index < -0.39 is 35.6 Å². The van der Waals surface area contributed by atoms with Gasteiger partial charge in [-0.2, -0.15) is 0 Å². The highest BCUT2D eigenvalue weighted by Crippen LogP contribution is 2.54. The number of carbonyl (C=O) groups excluding carboxylic acids is 3. The fourth-order valence-electron chi connectivity index (χ4n) is 6.74. The highest BCUT2D eigenvalue weighted by Gasteiger charge is 2.72. The molecule has 38 heavy (non-hydrogen) atoms. The van der Waals surface area contributed by atoms with Crippen molar-refractivity contribution in [3.05, 3.63) is 66.8 Å². The van der Waals surface area contributed by atoms with E-state index in [1.807, 2.05) is 73.7 Å². The highest BCUT2D eigenvalue weighted by molar-refractivity contribution is 6.06. The average molecular weight is 516 g/mol. The number of amides is 3. The number of anilines is 1. The maximum atomic E-state index is 14.4. The molecule has 2 saturated heterocycles. The summed E-state index contributed by atoms with van der Waals surface area (Å²) in [6.45, 7) is 4.81. The molecular weight excluding hydrogens is 482 g/mol. The number of hydrogen-bond acceptors (Lipinski definition) is 5. The van der Waals surface area contributed by atoms with Crippen LogP contribution < -0.4 is 4.90 Å². The molecule has 8 nitrogen and oxygen atoms in total. The number of nitrogens with zero attached hydrogens (tertiary/aromatic N) is 3. The van der Waals surface area contributed by atoms with E-state index in [2.05, 4.69) is 0 Å². The van der Waals surface area contributed by atoms with E-state index in [1.54, 1.807) is 16.7 Å². The molecule has 1 spiro atoms. The van der Waals surface area contributed by atoms with Gasteiger partial charge in [-0.3, -0.25) is 14.4 Å². The minimum Gasteiger partial charge on any atom is -0.394 e. The lowest BCUT2D eigenvalue weighted by Gasteiger charge is -2.37. The molecule has 6 atom stereocenters. The normalized spacial score (nSPS) is 31.3. The fraction of sp³-hybridized carbons (Fsp3) is 0.433. The molecule has 1 unspecified atom stereocenters. The molecule has 8 heteroatoms. The van der Waals surface area contributed by atoms with Gasteiger partial charge in [0.15, 0.2) is 0 Å². The van der Waals surface area contributed by atoms with Crippen LogP contribution in [0.4, 0.5) is 5.69 Å². The molecule has 4 heterocycles. The van der Waals surface area contributed by atoms with Crippen LogP contribution in [-0.2, 0) is 19.1 Å². The first-order valence-electron chi connectivity index (χ1n) is 13.5. The number of likely N-dealkylation sites (tertiary alicyclic amines) is 1. The van der Waals surface area contributed by atoms with E-state index in [0.29, 0.717) is 19.6 Å². The molecule has 0 aliphatic carbocycles. The molecule has 0 aromatic heterocycles. The average Bonchev–Trinajstić information content (AvgIpc) is 3.25. The van der Waals surface area contributed by atoms with Crippen molar-refractivity contribution in [3.8, 4) is 0 Å². The second-order valence-electron chi connectivity index (χ2n) is 10.7. The molecule has 2 aromatic rings. The number of fused-ring (bicyclic) bond motifs is 3. The molecule has 198 valence electrons. The largest absolute Gasteiger partial charge is 0.394 e. The van der Waals surface area contributed by atoms with E-state index in [-0.39, 0.29) is 24.3 Å². The zero-order chi connectivity index (χ0) is 26.6. The Hall–Kier alpha value is -3.49. The quantitative estimate of drug-likeness (QED) is 0.618. The van der Waals surface area contributed by atoms with E-state index in [4.69, 9.17) is 4.74 Å². The van der Waals surface area contributed by atoms with Crippen LogP contribution in [-0.4, -0.2) is 82.7 Å². The number of aliphatic hydroxyl groups is 1. The van der Waals surface area contributed by atoms with E-state index in [9.17, 15) is 19.5 Å². The second-order valence-corrected chi connectivity index (χ2v) is 10.7.